The number of carbonyl (C=O) groups excluding carboxylic acids is 2. The van der Waals surface area contributed by atoms with Gasteiger partial charge in [-0.2, -0.15) is 0 Å². The molecule has 3 amide bonds. The first-order valence-electron chi connectivity index (χ1n) is 8.41. The van der Waals surface area contributed by atoms with Crippen molar-refractivity contribution in [3.8, 4) is 0 Å². The van der Waals surface area contributed by atoms with Crippen molar-refractivity contribution in [2.45, 2.75) is 12.8 Å². The van der Waals surface area contributed by atoms with E-state index >= 15 is 0 Å². The summed E-state index contributed by atoms with van der Waals surface area (Å²) in [6.07, 6.45) is 1.44. The highest BCUT2D eigenvalue weighted by Crippen LogP contribution is 2.62. The number of hydrogen-bond donors (Lipinski definition) is 2. The molecule has 3 fully saturated rings. The minimum Gasteiger partial charge on any atom is -0.396 e. The molecule has 0 aromatic rings. The summed E-state index contributed by atoms with van der Waals surface area (Å²) < 4.78 is 0. The third-order valence-electron chi connectivity index (χ3n) is 6.09. The van der Waals surface area contributed by atoms with E-state index < -0.39 is 0 Å². The summed E-state index contributed by atoms with van der Waals surface area (Å²) in [5, 5.41) is 18.9. The van der Waals surface area contributed by atoms with Crippen LogP contribution >= 0.6 is 0 Å². The normalized spacial score (nSPS) is 29.4. The van der Waals surface area contributed by atoms with E-state index in [0.29, 0.717) is 26.2 Å². The Morgan fingerprint density at radius 1 is 1.04 bits per heavy atom. The van der Waals surface area contributed by atoms with Crippen molar-refractivity contribution in [1.82, 2.24) is 14.7 Å². The molecule has 130 valence electrons. The van der Waals surface area contributed by atoms with Gasteiger partial charge in [0.15, 0.2) is 0 Å². The number of fused-ring (bicyclic) bond motifs is 1. The zero-order valence-electron chi connectivity index (χ0n) is 13.9. The van der Waals surface area contributed by atoms with Crippen LogP contribution in [-0.2, 0) is 4.79 Å². The van der Waals surface area contributed by atoms with Gasteiger partial charge >= 0.3 is 6.03 Å². The first-order valence-corrected chi connectivity index (χ1v) is 8.41. The van der Waals surface area contributed by atoms with Gasteiger partial charge in [0.1, 0.15) is 0 Å². The number of aliphatic hydroxyl groups is 2. The Morgan fingerprint density at radius 2 is 1.57 bits per heavy atom. The second-order valence-corrected chi connectivity index (χ2v) is 7.44. The van der Waals surface area contributed by atoms with Crippen LogP contribution in [0.4, 0.5) is 4.79 Å². The van der Waals surface area contributed by atoms with Gasteiger partial charge in [0.2, 0.25) is 5.91 Å². The molecule has 0 aromatic heterocycles. The molecule has 0 spiro atoms. The van der Waals surface area contributed by atoms with Gasteiger partial charge in [0.25, 0.3) is 0 Å². The smallest absolute Gasteiger partial charge is 0.319 e. The monoisotopic (exact) mass is 325 g/mol. The Morgan fingerprint density at radius 3 is 2.00 bits per heavy atom. The van der Waals surface area contributed by atoms with Crippen LogP contribution in [0.3, 0.4) is 0 Å². The van der Waals surface area contributed by atoms with Crippen molar-refractivity contribution in [3.63, 3.8) is 0 Å². The first kappa shape index (κ1) is 16.5. The number of aliphatic hydroxyl groups excluding tert-OH is 2. The molecule has 1 aliphatic carbocycles. The maximum atomic E-state index is 12.7. The fourth-order valence-corrected chi connectivity index (χ4v) is 4.40. The van der Waals surface area contributed by atoms with Crippen molar-refractivity contribution in [1.29, 1.82) is 0 Å². The Labute approximate surface area is 136 Å². The molecule has 3 aliphatic rings. The minimum absolute atomic E-state index is 0.00337. The number of amides is 3. The SMILES string of the molecule is CN(C)C(=O)N1CCC(C(=O)N2CC3C(C2)C3(CO)CO)CC1. The highest BCUT2D eigenvalue weighted by molar-refractivity contribution is 5.80. The number of nitrogens with zero attached hydrogens (tertiary/aromatic N) is 3. The maximum Gasteiger partial charge on any atom is 0.319 e. The van der Waals surface area contributed by atoms with E-state index in [-0.39, 0.29) is 48.3 Å². The fourth-order valence-electron chi connectivity index (χ4n) is 4.40. The molecular formula is C16H27N3O4. The van der Waals surface area contributed by atoms with Crippen LogP contribution in [0.15, 0.2) is 0 Å². The van der Waals surface area contributed by atoms with E-state index in [1.165, 1.54) is 0 Å². The highest BCUT2D eigenvalue weighted by atomic mass is 16.3. The number of hydrogen-bond acceptors (Lipinski definition) is 4. The van der Waals surface area contributed by atoms with Crippen LogP contribution in [0.2, 0.25) is 0 Å². The van der Waals surface area contributed by atoms with Crippen molar-refractivity contribution >= 4 is 11.9 Å². The minimum atomic E-state index is -0.349. The molecule has 3 rings (SSSR count). The van der Waals surface area contributed by atoms with Gasteiger partial charge in [0.05, 0.1) is 13.2 Å². The molecule has 7 nitrogen and oxygen atoms in total. The summed E-state index contributed by atoms with van der Waals surface area (Å²) >= 11 is 0. The Balaban J connectivity index is 1.50. The molecule has 7 heteroatoms. The largest absolute Gasteiger partial charge is 0.396 e. The third-order valence-corrected chi connectivity index (χ3v) is 6.09. The molecule has 2 aliphatic heterocycles. The Kier molecular flexibility index (Phi) is 4.27. The highest BCUT2D eigenvalue weighted by Gasteiger charge is 2.68. The van der Waals surface area contributed by atoms with Crippen LogP contribution < -0.4 is 0 Å². The van der Waals surface area contributed by atoms with Crippen LogP contribution in [0, 0.1) is 23.2 Å². The zero-order chi connectivity index (χ0) is 16.8. The number of urea groups is 1. The summed E-state index contributed by atoms with van der Waals surface area (Å²) in [6.45, 7) is 2.58. The van der Waals surface area contributed by atoms with Crippen LogP contribution in [0.25, 0.3) is 0 Å². The maximum absolute atomic E-state index is 12.7. The van der Waals surface area contributed by atoms with Crippen LogP contribution in [0.5, 0.6) is 0 Å². The second-order valence-electron chi connectivity index (χ2n) is 7.44. The van der Waals surface area contributed by atoms with Crippen molar-refractivity contribution < 1.29 is 19.8 Å². The van der Waals surface area contributed by atoms with E-state index in [1.807, 2.05) is 4.90 Å². The molecule has 2 heterocycles. The molecule has 2 N–H and O–H groups in total. The lowest BCUT2D eigenvalue weighted by molar-refractivity contribution is -0.137. The van der Waals surface area contributed by atoms with Gasteiger partial charge in [-0.3, -0.25) is 4.79 Å². The zero-order valence-corrected chi connectivity index (χ0v) is 13.9. The predicted octanol–water partition coefficient (Wildman–Crippen LogP) is -0.561. The van der Waals surface area contributed by atoms with Crippen molar-refractivity contribution in [2.75, 3.05) is 53.5 Å². The molecule has 2 saturated heterocycles. The van der Waals surface area contributed by atoms with E-state index in [4.69, 9.17) is 0 Å². The second kappa shape index (κ2) is 5.94. The average Bonchev–Trinajstić information content (AvgIpc) is 2.92. The molecule has 2 unspecified atom stereocenters. The summed E-state index contributed by atoms with van der Waals surface area (Å²) in [7, 11) is 3.48. The number of likely N-dealkylation sites (tertiary alicyclic amines) is 2. The van der Waals surface area contributed by atoms with E-state index in [9.17, 15) is 19.8 Å². The molecule has 23 heavy (non-hydrogen) atoms. The standard InChI is InChI=1S/C16H27N3O4/c1-17(2)15(23)18-5-3-11(4-6-18)14(22)19-7-12-13(8-19)16(12,9-20)10-21/h11-13,20-21H,3-10H2,1-2H3. The lowest BCUT2D eigenvalue weighted by Crippen LogP contribution is -2.47. The average molecular weight is 325 g/mol. The van der Waals surface area contributed by atoms with E-state index in [1.54, 1.807) is 23.9 Å². The number of piperidine rings is 2. The summed E-state index contributed by atoms with van der Waals surface area (Å²) in [6, 6.07) is 0.00833. The molecule has 1 saturated carbocycles. The topological polar surface area (TPSA) is 84.3 Å². The third kappa shape index (κ3) is 2.59. The van der Waals surface area contributed by atoms with Crippen LogP contribution in [-0.4, -0.2) is 90.3 Å². The molecule has 0 bridgehead atoms. The van der Waals surface area contributed by atoms with Gasteiger partial charge < -0.3 is 24.9 Å². The molecular weight excluding hydrogens is 298 g/mol. The molecule has 0 radical (unpaired) electrons. The lowest BCUT2D eigenvalue weighted by Gasteiger charge is -2.35. The number of rotatable bonds is 3. The van der Waals surface area contributed by atoms with Gasteiger partial charge in [-0.25, -0.2) is 4.79 Å². The van der Waals surface area contributed by atoms with Crippen molar-refractivity contribution in [3.05, 3.63) is 0 Å². The number of carbonyl (C=O) groups is 2. The van der Waals surface area contributed by atoms with Gasteiger partial charge in [-0.05, 0) is 24.7 Å². The quantitative estimate of drug-likeness (QED) is 0.728. The van der Waals surface area contributed by atoms with Crippen molar-refractivity contribution in [2.24, 2.45) is 23.2 Å². The van der Waals surface area contributed by atoms with Gasteiger partial charge in [-0.15, -0.1) is 0 Å². The lowest BCUT2D eigenvalue weighted by atomic mass is 9.94. The fraction of sp³-hybridized carbons (Fsp3) is 0.875. The Hall–Kier alpha value is -1.34. The van der Waals surface area contributed by atoms with Crippen LogP contribution in [0.1, 0.15) is 12.8 Å². The van der Waals surface area contributed by atoms with E-state index in [2.05, 4.69) is 0 Å². The molecule has 0 aromatic carbocycles. The van der Waals surface area contributed by atoms with Gasteiger partial charge in [0, 0.05) is 51.6 Å². The van der Waals surface area contributed by atoms with Gasteiger partial charge in [-0.1, -0.05) is 0 Å². The predicted molar refractivity (Wildman–Crippen MR) is 83.5 cm³/mol. The summed E-state index contributed by atoms with van der Waals surface area (Å²) in [5.74, 6) is 0.670. The summed E-state index contributed by atoms with van der Waals surface area (Å²) in [5.41, 5.74) is -0.349. The summed E-state index contributed by atoms with van der Waals surface area (Å²) in [4.78, 5) is 29.8. The molecule has 2 atom stereocenters. The Bertz CT molecular complexity index is 470. The van der Waals surface area contributed by atoms with E-state index in [0.717, 1.165) is 12.8 Å². The first-order chi connectivity index (χ1) is 10.9.